The Kier molecular flexibility index (Phi) is 3.15. The van der Waals surface area contributed by atoms with Crippen LogP contribution in [0.25, 0.3) is 11.0 Å². The highest BCUT2D eigenvalue weighted by Gasteiger charge is 2.10. The smallest absolute Gasteiger partial charge is 0.161 e. The number of nitriles is 1. The molecule has 3 rings (SSSR count). The first-order chi connectivity index (χ1) is 10.1. The summed E-state index contributed by atoms with van der Waals surface area (Å²) < 4.78 is 28.3. The number of aryl methyl sites for hydroxylation is 1. The molecule has 3 nitrogen and oxygen atoms in total. The lowest BCUT2D eigenvalue weighted by molar-refractivity contribution is 0.510. The van der Waals surface area contributed by atoms with E-state index in [1.54, 1.807) is 23.0 Å². The number of rotatable bonds is 2. The van der Waals surface area contributed by atoms with Gasteiger partial charge in [-0.05, 0) is 30.2 Å². The second-order valence-electron chi connectivity index (χ2n) is 4.88. The molecule has 5 heteroatoms. The number of benzene rings is 2. The van der Waals surface area contributed by atoms with Gasteiger partial charge in [0.05, 0.1) is 29.0 Å². The van der Waals surface area contributed by atoms with Gasteiger partial charge in [0.1, 0.15) is 0 Å². The molecule has 0 aliphatic carbocycles. The van der Waals surface area contributed by atoms with E-state index >= 15 is 0 Å². The van der Waals surface area contributed by atoms with Gasteiger partial charge in [0.15, 0.2) is 11.6 Å². The summed E-state index contributed by atoms with van der Waals surface area (Å²) in [5, 5.41) is 8.87. The van der Waals surface area contributed by atoms with Crippen LogP contribution >= 0.6 is 0 Å². The molecule has 0 saturated heterocycles. The van der Waals surface area contributed by atoms with Crippen molar-refractivity contribution in [2.45, 2.75) is 13.5 Å². The minimum absolute atomic E-state index is 0.417. The minimum Gasteiger partial charge on any atom is -0.326 e. The molecule has 3 aromatic rings. The standard InChI is InChI=1S/C16H11F2N3/c1-10-4-11(7-19)2-3-12(10)8-21-9-20-15-5-13(17)14(18)6-16(15)21/h2-6,9H,8H2,1H3. The zero-order valence-corrected chi connectivity index (χ0v) is 11.3. The Morgan fingerprint density at radius 1 is 1.19 bits per heavy atom. The van der Waals surface area contributed by atoms with Crippen LogP contribution < -0.4 is 0 Å². The molecule has 0 N–H and O–H groups in total. The van der Waals surface area contributed by atoms with Crippen LogP contribution in [-0.2, 0) is 6.54 Å². The molecule has 0 atom stereocenters. The van der Waals surface area contributed by atoms with E-state index in [2.05, 4.69) is 11.1 Å². The third-order valence-electron chi connectivity index (χ3n) is 3.48. The minimum atomic E-state index is -0.901. The van der Waals surface area contributed by atoms with Crippen molar-refractivity contribution in [2.24, 2.45) is 0 Å². The molecule has 0 unspecified atom stereocenters. The summed E-state index contributed by atoms with van der Waals surface area (Å²) in [5.74, 6) is -1.79. The number of hydrogen-bond donors (Lipinski definition) is 0. The zero-order chi connectivity index (χ0) is 15.0. The van der Waals surface area contributed by atoms with Gasteiger partial charge in [-0.25, -0.2) is 13.8 Å². The second kappa shape index (κ2) is 4.98. The van der Waals surface area contributed by atoms with Crippen LogP contribution in [0.15, 0.2) is 36.7 Å². The molecule has 0 aliphatic rings. The summed E-state index contributed by atoms with van der Waals surface area (Å²) in [5.41, 5.74) is 3.52. The van der Waals surface area contributed by atoms with Crippen molar-refractivity contribution in [1.82, 2.24) is 9.55 Å². The molecular weight excluding hydrogens is 272 g/mol. The highest BCUT2D eigenvalue weighted by Crippen LogP contribution is 2.20. The van der Waals surface area contributed by atoms with Gasteiger partial charge in [-0.3, -0.25) is 0 Å². The van der Waals surface area contributed by atoms with Crippen molar-refractivity contribution < 1.29 is 8.78 Å². The van der Waals surface area contributed by atoms with E-state index in [9.17, 15) is 8.78 Å². The van der Waals surface area contributed by atoms with Gasteiger partial charge in [-0.2, -0.15) is 5.26 Å². The normalized spacial score (nSPS) is 10.8. The molecule has 0 radical (unpaired) electrons. The van der Waals surface area contributed by atoms with Crippen LogP contribution in [0.4, 0.5) is 8.78 Å². The van der Waals surface area contributed by atoms with Crippen LogP contribution in [0, 0.1) is 29.9 Å². The molecule has 1 aromatic heterocycles. The van der Waals surface area contributed by atoms with E-state index in [1.807, 2.05) is 13.0 Å². The summed E-state index contributed by atoms with van der Waals surface area (Å²) in [7, 11) is 0. The molecule has 0 amide bonds. The number of imidazole rings is 1. The van der Waals surface area contributed by atoms with E-state index in [1.165, 1.54) is 0 Å². The van der Waals surface area contributed by atoms with Crippen molar-refractivity contribution in [2.75, 3.05) is 0 Å². The Hall–Kier alpha value is -2.74. The third kappa shape index (κ3) is 2.36. The summed E-state index contributed by atoms with van der Waals surface area (Å²) in [6, 6.07) is 9.73. The van der Waals surface area contributed by atoms with Gasteiger partial charge in [0, 0.05) is 18.7 Å². The van der Waals surface area contributed by atoms with E-state index in [-0.39, 0.29) is 0 Å². The quantitative estimate of drug-likeness (QED) is 0.721. The molecule has 0 spiro atoms. The first kappa shape index (κ1) is 13.3. The van der Waals surface area contributed by atoms with Gasteiger partial charge < -0.3 is 4.57 Å². The lowest BCUT2D eigenvalue weighted by Crippen LogP contribution is -2.01. The van der Waals surface area contributed by atoms with Crippen LogP contribution in [0.1, 0.15) is 16.7 Å². The zero-order valence-electron chi connectivity index (χ0n) is 11.3. The van der Waals surface area contributed by atoms with Crippen molar-refractivity contribution in [1.29, 1.82) is 5.26 Å². The van der Waals surface area contributed by atoms with Crippen LogP contribution in [0.3, 0.4) is 0 Å². The molecular formula is C16H11F2N3. The summed E-state index contributed by atoms with van der Waals surface area (Å²) in [4.78, 5) is 4.08. The van der Waals surface area contributed by atoms with Crippen molar-refractivity contribution in [3.63, 3.8) is 0 Å². The number of halogens is 2. The first-order valence-corrected chi connectivity index (χ1v) is 6.38. The summed E-state index contributed by atoms with van der Waals surface area (Å²) in [6.45, 7) is 2.40. The molecule has 1 heterocycles. The van der Waals surface area contributed by atoms with Crippen LogP contribution in [-0.4, -0.2) is 9.55 Å². The Morgan fingerprint density at radius 2 is 1.95 bits per heavy atom. The molecule has 2 aromatic carbocycles. The average molecular weight is 283 g/mol. The number of fused-ring (bicyclic) bond motifs is 1. The van der Waals surface area contributed by atoms with Gasteiger partial charge in [0.25, 0.3) is 0 Å². The fourth-order valence-corrected chi connectivity index (χ4v) is 2.31. The maximum atomic E-state index is 13.4. The topological polar surface area (TPSA) is 41.6 Å². The highest BCUT2D eigenvalue weighted by atomic mass is 19.2. The molecule has 0 bridgehead atoms. The summed E-state index contributed by atoms with van der Waals surface area (Å²) >= 11 is 0. The fraction of sp³-hybridized carbons (Fsp3) is 0.125. The van der Waals surface area contributed by atoms with Crippen LogP contribution in [0.5, 0.6) is 0 Å². The monoisotopic (exact) mass is 283 g/mol. The van der Waals surface area contributed by atoms with Gasteiger partial charge >= 0.3 is 0 Å². The average Bonchev–Trinajstić information content (AvgIpc) is 2.84. The predicted octanol–water partition coefficient (Wildman–Crippen LogP) is 3.54. The SMILES string of the molecule is Cc1cc(C#N)ccc1Cn1cnc2cc(F)c(F)cc21. The predicted molar refractivity (Wildman–Crippen MR) is 74.6 cm³/mol. The molecule has 104 valence electrons. The highest BCUT2D eigenvalue weighted by molar-refractivity contribution is 5.75. The van der Waals surface area contributed by atoms with E-state index in [4.69, 9.17) is 5.26 Å². The maximum absolute atomic E-state index is 13.4. The Morgan fingerprint density at radius 3 is 2.67 bits per heavy atom. The number of nitrogens with zero attached hydrogens (tertiary/aromatic N) is 3. The van der Waals surface area contributed by atoms with Gasteiger partial charge in [-0.15, -0.1) is 0 Å². The fourth-order valence-electron chi connectivity index (χ4n) is 2.31. The van der Waals surface area contributed by atoms with Gasteiger partial charge in [0.2, 0.25) is 0 Å². The third-order valence-corrected chi connectivity index (χ3v) is 3.48. The molecule has 0 aliphatic heterocycles. The Bertz CT molecular complexity index is 875. The molecule has 0 saturated carbocycles. The van der Waals surface area contributed by atoms with Crippen molar-refractivity contribution in [3.8, 4) is 6.07 Å². The number of aromatic nitrogens is 2. The van der Waals surface area contributed by atoms with Crippen molar-refractivity contribution in [3.05, 3.63) is 65.0 Å². The molecule has 21 heavy (non-hydrogen) atoms. The second-order valence-corrected chi connectivity index (χ2v) is 4.88. The van der Waals surface area contributed by atoms with E-state index in [0.29, 0.717) is 23.1 Å². The Labute approximate surface area is 120 Å². The first-order valence-electron chi connectivity index (χ1n) is 6.38. The van der Waals surface area contributed by atoms with E-state index < -0.39 is 11.6 Å². The van der Waals surface area contributed by atoms with Gasteiger partial charge in [-0.1, -0.05) is 6.07 Å². The largest absolute Gasteiger partial charge is 0.326 e. The van der Waals surface area contributed by atoms with Crippen LogP contribution in [0.2, 0.25) is 0 Å². The number of hydrogen-bond acceptors (Lipinski definition) is 2. The van der Waals surface area contributed by atoms with E-state index in [0.717, 1.165) is 23.3 Å². The summed E-state index contributed by atoms with van der Waals surface area (Å²) in [6.07, 6.45) is 1.56. The van der Waals surface area contributed by atoms with Crippen molar-refractivity contribution >= 4 is 11.0 Å². The molecule has 0 fully saturated rings. The Balaban J connectivity index is 2.03. The maximum Gasteiger partial charge on any atom is 0.161 e. The lowest BCUT2D eigenvalue weighted by atomic mass is 10.1. The lowest BCUT2D eigenvalue weighted by Gasteiger charge is -2.08.